The minimum absolute atomic E-state index is 0.901. The second-order valence-electron chi connectivity index (χ2n) is 6.95. The molecule has 5 aromatic rings. The summed E-state index contributed by atoms with van der Waals surface area (Å²) in [5, 5.41) is 8.33. The van der Waals surface area contributed by atoms with Crippen LogP contribution in [0.4, 0.5) is 11.4 Å². The Bertz CT molecular complexity index is 1260. The van der Waals surface area contributed by atoms with Crippen LogP contribution in [0, 0.1) is 13.8 Å². The zero-order chi connectivity index (χ0) is 17.7. The molecule has 0 fully saturated rings. The Morgan fingerprint density at radius 3 is 2.35 bits per heavy atom. The lowest BCUT2D eigenvalue weighted by Crippen LogP contribution is -1.92. The molecule has 0 radical (unpaired) electrons. The third-order valence-electron chi connectivity index (χ3n) is 4.89. The van der Waals surface area contributed by atoms with Crippen molar-refractivity contribution in [2.75, 3.05) is 5.32 Å². The molecule has 4 aromatic carbocycles. The van der Waals surface area contributed by atoms with Gasteiger partial charge in [0.25, 0.3) is 0 Å². The van der Waals surface area contributed by atoms with Gasteiger partial charge in [-0.15, -0.1) is 0 Å². The Labute approximate surface area is 152 Å². The first-order valence-corrected chi connectivity index (χ1v) is 8.87. The van der Waals surface area contributed by atoms with Crippen LogP contribution in [0.5, 0.6) is 0 Å². The number of fused-ring (bicyclic) bond motifs is 5. The lowest BCUT2D eigenvalue weighted by Gasteiger charge is -2.09. The third-order valence-corrected chi connectivity index (χ3v) is 4.89. The Balaban J connectivity index is 1.75. The number of aryl methyl sites for hydroxylation is 2. The molecule has 0 amide bonds. The first kappa shape index (κ1) is 15.0. The summed E-state index contributed by atoms with van der Waals surface area (Å²) in [6.45, 7) is 4.23. The molecule has 0 aliphatic rings. The average Bonchev–Trinajstić information content (AvgIpc) is 3.01. The third kappa shape index (κ3) is 2.34. The highest BCUT2D eigenvalue weighted by atomic mass is 16.3. The Morgan fingerprint density at radius 2 is 1.50 bits per heavy atom. The molecule has 1 heterocycles. The summed E-state index contributed by atoms with van der Waals surface area (Å²) in [5.41, 5.74) is 6.39. The van der Waals surface area contributed by atoms with E-state index in [1.54, 1.807) is 0 Å². The van der Waals surface area contributed by atoms with E-state index in [0.717, 1.165) is 27.9 Å². The Kier molecular flexibility index (Phi) is 3.26. The number of hydrogen-bond acceptors (Lipinski definition) is 2. The van der Waals surface area contributed by atoms with E-state index in [0.29, 0.717) is 0 Å². The van der Waals surface area contributed by atoms with Crippen LogP contribution in [-0.4, -0.2) is 0 Å². The van der Waals surface area contributed by atoms with Crippen molar-refractivity contribution in [2.24, 2.45) is 0 Å². The quantitative estimate of drug-likeness (QED) is 0.371. The molecule has 0 spiro atoms. The number of nitrogens with one attached hydrogen (secondary N) is 1. The van der Waals surface area contributed by atoms with Crippen LogP contribution in [-0.2, 0) is 0 Å². The van der Waals surface area contributed by atoms with Crippen LogP contribution >= 0.6 is 0 Å². The first-order chi connectivity index (χ1) is 12.7. The minimum Gasteiger partial charge on any atom is -0.454 e. The van der Waals surface area contributed by atoms with Gasteiger partial charge in [0.1, 0.15) is 5.58 Å². The van der Waals surface area contributed by atoms with Gasteiger partial charge in [-0.05, 0) is 60.0 Å². The minimum atomic E-state index is 0.901. The van der Waals surface area contributed by atoms with Crippen molar-refractivity contribution in [1.29, 1.82) is 0 Å². The van der Waals surface area contributed by atoms with Gasteiger partial charge in [0.2, 0.25) is 0 Å². The van der Waals surface area contributed by atoms with Gasteiger partial charge in [-0.1, -0.05) is 48.5 Å². The average molecular weight is 337 g/mol. The van der Waals surface area contributed by atoms with Crippen molar-refractivity contribution in [3.8, 4) is 0 Å². The van der Waals surface area contributed by atoms with E-state index < -0.39 is 0 Å². The highest BCUT2D eigenvalue weighted by Gasteiger charge is 2.13. The van der Waals surface area contributed by atoms with Crippen molar-refractivity contribution in [3.63, 3.8) is 0 Å². The summed E-state index contributed by atoms with van der Waals surface area (Å²) in [7, 11) is 0. The highest BCUT2D eigenvalue weighted by molar-refractivity contribution is 6.20. The summed E-state index contributed by atoms with van der Waals surface area (Å²) in [6, 6.07) is 25.4. The van der Waals surface area contributed by atoms with Crippen molar-refractivity contribution in [3.05, 3.63) is 83.9 Å². The predicted octanol–water partition coefficient (Wildman–Crippen LogP) is 7.10. The van der Waals surface area contributed by atoms with Gasteiger partial charge in [-0.25, -0.2) is 0 Å². The molecular weight excluding hydrogens is 318 g/mol. The maximum atomic E-state index is 6.26. The molecule has 0 aliphatic heterocycles. The normalized spacial score (nSPS) is 11.5. The van der Waals surface area contributed by atoms with Crippen LogP contribution in [0.3, 0.4) is 0 Å². The maximum Gasteiger partial charge on any atom is 0.158 e. The number of hydrogen-bond donors (Lipinski definition) is 1. The molecule has 5 rings (SSSR count). The summed E-state index contributed by atoms with van der Waals surface area (Å²) in [6.07, 6.45) is 0. The van der Waals surface area contributed by atoms with Crippen LogP contribution in [0.15, 0.2) is 77.2 Å². The van der Waals surface area contributed by atoms with Gasteiger partial charge in [-0.2, -0.15) is 0 Å². The van der Waals surface area contributed by atoms with E-state index in [9.17, 15) is 0 Å². The van der Waals surface area contributed by atoms with E-state index in [-0.39, 0.29) is 0 Å². The van der Waals surface area contributed by atoms with Crippen LogP contribution in [0.25, 0.3) is 32.7 Å². The van der Waals surface area contributed by atoms with Gasteiger partial charge in [-0.3, -0.25) is 0 Å². The van der Waals surface area contributed by atoms with E-state index in [2.05, 4.69) is 92.0 Å². The standard InChI is InChI=1S/C24H19NO/c1-15-12-16(2)14-18(13-15)25-21-9-5-8-20-23-19-7-4-3-6-17(19)10-11-22(23)26-24(20)21/h3-14,25H,1-2H3. The molecular formula is C24H19NO. The number of anilines is 2. The fraction of sp³-hybridized carbons (Fsp3) is 0.0833. The zero-order valence-electron chi connectivity index (χ0n) is 14.8. The van der Waals surface area contributed by atoms with Crippen molar-refractivity contribution in [1.82, 2.24) is 0 Å². The van der Waals surface area contributed by atoms with E-state index in [1.165, 1.54) is 27.3 Å². The SMILES string of the molecule is Cc1cc(C)cc(Nc2cccc3c2oc2ccc4ccccc4c23)c1. The van der Waals surface area contributed by atoms with E-state index in [4.69, 9.17) is 4.42 Å². The molecule has 0 unspecified atom stereocenters. The number of furan rings is 1. The second kappa shape index (κ2) is 5.63. The van der Waals surface area contributed by atoms with Gasteiger partial charge in [0.05, 0.1) is 5.69 Å². The molecule has 1 aromatic heterocycles. The summed E-state index contributed by atoms with van der Waals surface area (Å²) in [5.74, 6) is 0. The smallest absolute Gasteiger partial charge is 0.158 e. The van der Waals surface area contributed by atoms with E-state index >= 15 is 0 Å². The van der Waals surface area contributed by atoms with Crippen LogP contribution in [0.1, 0.15) is 11.1 Å². The molecule has 0 aliphatic carbocycles. The van der Waals surface area contributed by atoms with Gasteiger partial charge >= 0.3 is 0 Å². The Hall–Kier alpha value is -3.26. The first-order valence-electron chi connectivity index (χ1n) is 8.87. The zero-order valence-corrected chi connectivity index (χ0v) is 14.8. The Morgan fingerprint density at radius 1 is 0.731 bits per heavy atom. The van der Waals surface area contributed by atoms with Crippen molar-refractivity contribution >= 4 is 44.1 Å². The fourth-order valence-corrected chi connectivity index (χ4v) is 3.87. The van der Waals surface area contributed by atoms with Crippen molar-refractivity contribution < 1.29 is 4.42 Å². The molecule has 26 heavy (non-hydrogen) atoms. The molecule has 1 N–H and O–H groups in total. The summed E-state index contributed by atoms with van der Waals surface area (Å²) < 4.78 is 6.26. The fourth-order valence-electron chi connectivity index (χ4n) is 3.87. The second-order valence-corrected chi connectivity index (χ2v) is 6.95. The lowest BCUT2D eigenvalue weighted by atomic mass is 10.0. The molecule has 2 heteroatoms. The number of benzene rings is 4. The summed E-state index contributed by atoms with van der Waals surface area (Å²) >= 11 is 0. The highest BCUT2D eigenvalue weighted by Crippen LogP contribution is 2.38. The number of rotatable bonds is 2. The van der Waals surface area contributed by atoms with E-state index in [1.807, 2.05) is 0 Å². The van der Waals surface area contributed by atoms with Crippen molar-refractivity contribution in [2.45, 2.75) is 13.8 Å². The van der Waals surface area contributed by atoms with Gasteiger partial charge in [0, 0.05) is 16.5 Å². The molecule has 0 bridgehead atoms. The molecule has 126 valence electrons. The molecule has 0 saturated carbocycles. The van der Waals surface area contributed by atoms with Gasteiger partial charge in [0.15, 0.2) is 5.58 Å². The number of para-hydroxylation sites is 1. The maximum absolute atomic E-state index is 6.26. The largest absolute Gasteiger partial charge is 0.454 e. The summed E-state index contributed by atoms with van der Waals surface area (Å²) in [4.78, 5) is 0. The molecule has 0 saturated heterocycles. The molecule has 0 atom stereocenters. The predicted molar refractivity (Wildman–Crippen MR) is 110 cm³/mol. The monoisotopic (exact) mass is 337 g/mol. The van der Waals surface area contributed by atoms with Gasteiger partial charge < -0.3 is 9.73 Å². The lowest BCUT2D eigenvalue weighted by molar-refractivity contribution is 0.670. The van der Waals surface area contributed by atoms with Crippen LogP contribution in [0.2, 0.25) is 0 Å². The topological polar surface area (TPSA) is 25.2 Å². The van der Waals surface area contributed by atoms with Crippen LogP contribution < -0.4 is 5.32 Å². The molecule has 2 nitrogen and oxygen atoms in total.